The number of alkyl halides is 2. The third kappa shape index (κ3) is 3.65. The summed E-state index contributed by atoms with van der Waals surface area (Å²) in [6.07, 6.45) is 6.58. The molecular formula is C18H25F2N5O. The normalized spacial score (nSPS) is 22.7. The molecule has 0 amide bonds. The van der Waals surface area contributed by atoms with E-state index in [1.54, 1.807) is 15.8 Å². The van der Waals surface area contributed by atoms with Crippen molar-refractivity contribution in [2.75, 3.05) is 19.6 Å². The molecule has 2 fully saturated rings. The largest absolute Gasteiger partial charge is 0.310 e. The first-order chi connectivity index (χ1) is 12.6. The lowest BCUT2D eigenvalue weighted by molar-refractivity contribution is 0.0653. The second kappa shape index (κ2) is 7.42. The summed E-state index contributed by atoms with van der Waals surface area (Å²) < 4.78 is 27.2. The molecule has 1 N–H and O–H groups in total. The number of aromatic amines is 1. The number of halogens is 2. The van der Waals surface area contributed by atoms with Gasteiger partial charge in [0.1, 0.15) is 11.2 Å². The van der Waals surface area contributed by atoms with Gasteiger partial charge in [0.15, 0.2) is 5.65 Å². The van der Waals surface area contributed by atoms with Crippen molar-refractivity contribution in [2.24, 2.45) is 5.92 Å². The lowest BCUT2D eigenvalue weighted by Crippen LogP contribution is -2.39. The summed E-state index contributed by atoms with van der Waals surface area (Å²) in [4.78, 5) is 21.8. The first-order valence-electron chi connectivity index (χ1n) is 9.57. The van der Waals surface area contributed by atoms with Gasteiger partial charge in [0.2, 0.25) is 0 Å². The van der Waals surface area contributed by atoms with E-state index in [1.807, 2.05) is 0 Å². The minimum absolute atomic E-state index is 0.0198. The molecule has 1 saturated carbocycles. The van der Waals surface area contributed by atoms with Gasteiger partial charge in [-0.15, -0.1) is 0 Å². The Kier molecular flexibility index (Phi) is 5.02. The monoisotopic (exact) mass is 365 g/mol. The van der Waals surface area contributed by atoms with Crippen molar-refractivity contribution in [1.29, 1.82) is 0 Å². The van der Waals surface area contributed by atoms with Crippen molar-refractivity contribution in [2.45, 2.75) is 57.4 Å². The summed E-state index contributed by atoms with van der Waals surface area (Å²) in [7, 11) is 0. The van der Waals surface area contributed by atoms with E-state index in [2.05, 4.69) is 10.1 Å². The molecule has 6 nitrogen and oxygen atoms in total. The maximum Gasteiger partial charge on any atom is 0.262 e. The Morgan fingerprint density at radius 1 is 1.23 bits per heavy atom. The summed E-state index contributed by atoms with van der Waals surface area (Å²) in [5.74, 6) is 1.31. The standard InChI is InChI=1S/C18H25F2N5O/c19-15(20)11-24-7-3-6-13(10-24)25-17-14(9-21-25)18(26)23-16(22-17)8-12-4-1-2-5-12/h9,12-13,15H,1-8,10-11H2,(H,22,23,26). The highest BCUT2D eigenvalue weighted by molar-refractivity contribution is 5.73. The number of fused-ring (bicyclic) bond motifs is 1. The number of likely N-dealkylation sites (tertiary alicyclic amines) is 1. The van der Waals surface area contributed by atoms with E-state index in [9.17, 15) is 13.6 Å². The van der Waals surface area contributed by atoms with Crippen LogP contribution in [0.5, 0.6) is 0 Å². The van der Waals surface area contributed by atoms with Gasteiger partial charge in [0, 0.05) is 13.0 Å². The Morgan fingerprint density at radius 2 is 2.04 bits per heavy atom. The topological polar surface area (TPSA) is 66.8 Å². The third-order valence-electron chi connectivity index (χ3n) is 5.69. The van der Waals surface area contributed by atoms with Crippen molar-refractivity contribution in [3.8, 4) is 0 Å². The molecule has 142 valence electrons. The number of nitrogens with one attached hydrogen (secondary N) is 1. The molecule has 4 rings (SSSR count). The van der Waals surface area contributed by atoms with Gasteiger partial charge in [0.05, 0.1) is 18.8 Å². The number of hydrogen-bond acceptors (Lipinski definition) is 4. The van der Waals surface area contributed by atoms with Crippen LogP contribution in [-0.4, -0.2) is 50.7 Å². The molecule has 8 heteroatoms. The number of nitrogens with zero attached hydrogens (tertiary/aromatic N) is 4. The molecule has 2 aliphatic rings. The van der Waals surface area contributed by atoms with Crippen LogP contribution in [0.1, 0.15) is 50.4 Å². The van der Waals surface area contributed by atoms with Gasteiger partial charge in [-0.05, 0) is 25.3 Å². The van der Waals surface area contributed by atoms with E-state index in [0.29, 0.717) is 30.0 Å². The van der Waals surface area contributed by atoms with Crippen LogP contribution < -0.4 is 5.56 Å². The lowest BCUT2D eigenvalue weighted by Gasteiger charge is -2.32. The fourth-order valence-corrected chi connectivity index (χ4v) is 4.43. The second-order valence-electron chi connectivity index (χ2n) is 7.64. The van der Waals surface area contributed by atoms with E-state index < -0.39 is 6.43 Å². The van der Waals surface area contributed by atoms with Crippen molar-refractivity contribution >= 4 is 11.0 Å². The lowest BCUT2D eigenvalue weighted by atomic mass is 10.0. The van der Waals surface area contributed by atoms with Gasteiger partial charge >= 0.3 is 0 Å². The summed E-state index contributed by atoms with van der Waals surface area (Å²) in [6.45, 7) is 0.991. The van der Waals surface area contributed by atoms with Crippen LogP contribution in [-0.2, 0) is 6.42 Å². The zero-order valence-corrected chi connectivity index (χ0v) is 14.8. The molecule has 1 aliphatic heterocycles. The summed E-state index contributed by atoms with van der Waals surface area (Å²) in [5, 5.41) is 4.86. The molecule has 1 aliphatic carbocycles. The summed E-state index contributed by atoms with van der Waals surface area (Å²) in [6, 6.07) is -0.0198. The molecule has 2 aromatic heterocycles. The van der Waals surface area contributed by atoms with Crippen LogP contribution in [0.3, 0.4) is 0 Å². The Balaban J connectivity index is 1.60. The van der Waals surface area contributed by atoms with Crippen molar-refractivity contribution in [3.05, 3.63) is 22.4 Å². The zero-order chi connectivity index (χ0) is 18.1. The highest BCUT2D eigenvalue weighted by atomic mass is 19.3. The van der Waals surface area contributed by atoms with E-state index in [4.69, 9.17) is 4.98 Å². The highest BCUT2D eigenvalue weighted by Crippen LogP contribution is 2.28. The Hall–Kier alpha value is -1.83. The summed E-state index contributed by atoms with van der Waals surface area (Å²) >= 11 is 0. The number of aromatic nitrogens is 4. The fraction of sp³-hybridized carbons (Fsp3) is 0.722. The average Bonchev–Trinajstić information content (AvgIpc) is 3.24. The van der Waals surface area contributed by atoms with E-state index in [0.717, 1.165) is 25.1 Å². The van der Waals surface area contributed by atoms with Crippen LogP contribution in [0, 0.1) is 5.92 Å². The predicted molar refractivity (Wildman–Crippen MR) is 94.5 cm³/mol. The Labute approximate surface area is 150 Å². The number of hydrogen-bond donors (Lipinski definition) is 1. The molecule has 1 unspecified atom stereocenters. The molecule has 1 atom stereocenters. The van der Waals surface area contributed by atoms with Crippen molar-refractivity contribution in [1.82, 2.24) is 24.6 Å². The molecule has 2 aromatic rings. The smallest absolute Gasteiger partial charge is 0.262 e. The van der Waals surface area contributed by atoms with Gasteiger partial charge in [0.25, 0.3) is 12.0 Å². The third-order valence-corrected chi connectivity index (χ3v) is 5.69. The van der Waals surface area contributed by atoms with Crippen LogP contribution >= 0.6 is 0 Å². The quantitative estimate of drug-likeness (QED) is 0.885. The van der Waals surface area contributed by atoms with Crippen LogP contribution in [0.4, 0.5) is 8.78 Å². The van der Waals surface area contributed by atoms with Crippen LogP contribution in [0.25, 0.3) is 11.0 Å². The highest BCUT2D eigenvalue weighted by Gasteiger charge is 2.26. The van der Waals surface area contributed by atoms with Gasteiger partial charge in [-0.25, -0.2) is 18.4 Å². The number of piperidine rings is 1. The van der Waals surface area contributed by atoms with Gasteiger partial charge in [-0.1, -0.05) is 25.7 Å². The van der Waals surface area contributed by atoms with Gasteiger partial charge in [-0.2, -0.15) is 5.10 Å². The molecule has 0 bridgehead atoms. The SMILES string of the molecule is O=c1[nH]c(CC2CCCC2)nc2c1cnn2C1CCCN(CC(F)F)C1. The minimum Gasteiger partial charge on any atom is -0.310 e. The molecule has 0 spiro atoms. The zero-order valence-electron chi connectivity index (χ0n) is 14.8. The van der Waals surface area contributed by atoms with Crippen LogP contribution in [0.15, 0.2) is 11.0 Å². The Bertz CT molecular complexity index is 812. The van der Waals surface area contributed by atoms with Crippen molar-refractivity contribution < 1.29 is 8.78 Å². The second-order valence-corrected chi connectivity index (χ2v) is 7.64. The number of H-pyrrole nitrogens is 1. The number of rotatable bonds is 5. The molecule has 3 heterocycles. The van der Waals surface area contributed by atoms with E-state index in [-0.39, 0.29) is 18.1 Å². The van der Waals surface area contributed by atoms with E-state index >= 15 is 0 Å². The van der Waals surface area contributed by atoms with E-state index in [1.165, 1.54) is 25.7 Å². The first kappa shape index (κ1) is 17.6. The first-order valence-corrected chi connectivity index (χ1v) is 9.57. The maximum absolute atomic E-state index is 12.7. The van der Waals surface area contributed by atoms with Crippen LogP contribution in [0.2, 0.25) is 0 Å². The summed E-state index contributed by atoms with van der Waals surface area (Å²) in [5.41, 5.74) is 0.431. The van der Waals surface area contributed by atoms with Gasteiger partial charge < -0.3 is 4.98 Å². The minimum atomic E-state index is -2.33. The molecule has 0 aromatic carbocycles. The van der Waals surface area contributed by atoms with Crippen molar-refractivity contribution in [3.63, 3.8) is 0 Å². The molecular weight excluding hydrogens is 340 g/mol. The maximum atomic E-state index is 12.7. The fourth-order valence-electron chi connectivity index (χ4n) is 4.43. The Morgan fingerprint density at radius 3 is 2.81 bits per heavy atom. The molecule has 26 heavy (non-hydrogen) atoms. The van der Waals surface area contributed by atoms with Gasteiger partial charge in [-0.3, -0.25) is 9.69 Å². The molecule has 1 saturated heterocycles. The predicted octanol–water partition coefficient (Wildman–Crippen LogP) is 2.75. The average molecular weight is 365 g/mol. The molecule has 0 radical (unpaired) electrons.